The smallest absolute Gasteiger partial charge is 0.126 e. The van der Waals surface area contributed by atoms with Crippen LogP contribution in [0.2, 0.25) is 0 Å². The summed E-state index contributed by atoms with van der Waals surface area (Å²) >= 11 is 1.72. The highest BCUT2D eigenvalue weighted by molar-refractivity contribution is 7.15. The van der Waals surface area contributed by atoms with Crippen LogP contribution in [0.25, 0.3) is 10.6 Å². The molecule has 0 amide bonds. The summed E-state index contributed by atoms with van der Waals surface area (Å²) in [5.74, 6) is 0. The van der Waals surface area contributed by atoms with Gasteiger partial charge in [0, 0.05) is 22.7 Å². The van der Waals surface area contributed by atoms with Gasteiger partial charge in [0.25, 0.3) is 0 Å². The second kappa shape index (κ2) is 5.27. The molecule has 0 aliphatic heterocycles. The predicted octanol–water partition coefficient (Wildman–Crippen LogP) is 3.46. The van der Waals surface area contributed by atoms with E-state index >= 15 is 0 Å². The maximum absolute atomic E-state index is 5.05. The SMILES string of the molecule is CCCNC(C)c1cnc(-c2ccoc2)s1. The second-order valence-electron chi connectivity index (χ2n) is 3.76. The molecule has 2 rings (SSSR count). The molecule has 0 radical (unpaired) electrons. The normalized spacial score (nSPS) is 12.9. The molecule has 0 saturated heterocycles. The first kappa shape index (κ1) is 11.4. The highest BCUT2D eigenvalue weighted by Gasteiger charge is 2.10. The van der Waals surface area contributed by atoms with Gasteiger partial charge in [-0.3, -0.25) is 0 Å². The van der Waals surface area contributed by atoms with Gasteiger partial charge in [0.1, 0.15) is 11.3 Å². The summed E-state index contributed by atoms with van der Waals surface area (Å²) in [5.41, 5.74) is 1.05. The lowest BCUT2D eigenvalue weighted by molar-refractivity contribution is 0.568. The van der Waals surface area contributed by atoms with Crippen LogP contribution in [0.1, 0.15) is 31.2 Å². The number of nitrogens with zero attached hydrogens (tertiary/aromatic N) is 1. The van der Waals surface area contributed by atoms with Crippen LogP contribution in [0, 0.1) is 0 Å². The predicted molar refractivity (Wildman–Crippen MR) is 66.5 cm³/mol. The molecule has 0 aliphatic rings. The van der Waals surface area contributed by atoms with Gasteiger partial charge in [-0.2, -0.15) is 0 Å². The molecular weight excluding hydrogens is 220 g/mol. The van der Waals surface area contributed by atoms with Crippen molar-refractivity contribution in [3.63, 3.8) is 0 Å². The van der Waals surface area contributed by atoms with Crippen molar-refractivity contribution in [3.05, 3.63) is 29.7 Å². The first-order valence-electron chi connectivity index (χ1n) is 5.53. The number of hydrogen-bond acceptors (Lipinski definition) is 4. The highest BCUT2D eigenvalue weighted by Crippen LogP contribution is 2.28. The second-order valence-corrected chi connectivity index (χ2v) is 4.82. The zero-order valence-corrected chi connectivity index (χ0v) is 10.4. The minimum Gasteiger partial charge on any atom is -0.472 e. The van der Waals surface area contributed by atoms with Gasteiger partial charge in [-0.25, -0.2) is 4.98 Å². The van der Waals surface area contributed by atoms with Crippen molar-refractivity contribution in [2.45, 2.75) is 26.3 Å². The Morgan fingerprint density at radius 2 is 2.44 bits per heavy atom. The highest BCUT2D eigenvalue weighted by atomic mass is 32.1. The summed E-state index contributed by atoms with van der Waals surface area (Å²) in [6, 6.07) is 2.31. The van der Waals surface area contributed by atoms with E-state index in [4.69, 9.17) is 4.42 Å². The van der Waals surface area contributed by atoms with Gasteiger partial charge in [0.2, 0.25) is 0 Å². The molecule has 1 unspecified atom stereocenters. The van der Waals surface area contributed by atoms with Crippen molar-refractivity contribution in [1.29, 1.82) is 0 Å². The van der Waals surface area contributed by atoms with E-state index in [1.54, 1.807) is 23.9 Å². The molecule has 86 valence electrons. The Kier molecular flexibility index (Phi) is 3.74. The topological polar surface area (TPSA) is 38.1 Å². The van der Waals surface area contributed by atoms with Gasteiger partial charge < -0.3 is 9.73 Å². The summed E-state index contributed by atoms with van der Waals surface area (Å²) in [4.78, 5) is 5.67. The van der Waals surface area contributed by atoms with E-state index in [1.807, 2.05) is 12.3 Å². The molecule has 16 heavy (non-hydrogen) atoms. The Bertz CT molecular complexity index is 422. The third kappa shape index (κ3) is 2.51. The number of thiazole rings is 1. The van der Waals surface area contributed by atoms with Crippen molar-refractivity contribution in [1.82, 2.24) is 10.3 Å². The lowest BCUT2D eigenvalue weighted by Crippen LogP contribution is -2.18. The van der Waals surface area contributed by atoms with Gasteiger partial charge in [0.15, 0.2) is 0 Å². The third-order valence-corrected chi connectivity index (χ3v) is 3.65. The van der Waals surface area contributed by atoms with Crippen LogP contribution in [-0.2, 0) is 0 Å². The van der Waals surface area contributed by atoms with Crippen molar-refractivity contribution >= 4 is 11.3 Å². The van der Waals surface area contributed by atoms with E-state index in [2.05, 4.69) is 24.1 Å². The largest absolute Gasteiger partial charge is 0.472 e. The molecule has 2 aromatic heterocycles. The first-order chi connectivity index (χ1) is 7.81. The van der Waals surface area contributed by atoms with Gasteiger partial charge in [-0.15, -0.1) is 11.3 Å². The van der Waals surface area contributed by atoms with Crippen molar-refractivity contribution in [2.75, 3.05) is 6.54 Å². The van der Waals surface area contributed by atoms with Crippen LogP contribution in [0.15, 0.2) is 29.2 Å². The van der Waals surface area contributed by atoms with E-state index in [9.17, 15) is 0 Å². The number of rotatable bonds is 5. The van der Waals surface area contributed by atoms with E-state index in [-0.39, 0.29) is 0 Å². The Hall–Kier alpha value is -1.13. The molecule has 2 heterocycles. The van der Waals surface area contributed by atoms with Crippen molar-refractivity contribution in [3.8, 4) is 10.6 Å². The van der Waals surface area contributed by atoms with Crippen LogP contribution in [0.5, 0.6) is 0 Å². The minimum absolute atomic E-state index is 0.373. The molecule has 0 aliphatic carbocycles. The monoisotopic (exact) mass is 236 g/mol. The van der Waals surface area contributed by atoms with E-state index in [0.29, 0.717) is 6.04 Å². The molecule has 3 nitrogen and oxygen atoms in total. The number of furan rings is 1. The van der Waals surface area contributed by atoms with Crippen LogP contribution < -0.4 is 5.32 Å². The molecule has 0 aromatic carbocycles. The van der Waals surface area contributed by atoms with Crippen molar-refractivity contribution in [2.24, 2.45) is 0 Å². The molecule has 0 fully saturated rings. The average molecular weight is 236 g/mol. The van der Waals surface area contributed by atoms with Crippen molar-refractivity contribution < 1.29 is 4.42 Å². The summed E-state index contributed by atoms with van der Waals surface area (Å²) in [6.45, 7) is 5.38. The minimum atomic E-state index is 0.373. The van der Waals surface area contributed by atoms with Crippen LogP contribution >= 0.6 is 11.3 Å². The van der Waals surface area contributed by atoms with Gasteiger partial charge in [-0.05, 0) is 26.0 Å². The molecule has 0 spiro atoms. The molecule has 1 N–H and O–H groups in total. The van der Waals surface area contributed by atoms with E-state index in [1.165, 1.54) is 4.88 Å². The summed E-state index contributed by atoms with van der Waals surface area (Å²) in [7, 11) is 0. The maximum Gasteiger partial charge on any atom is 0.126 e. The molecule has 0 saturated carbocycles. The van der Waals surface area contributed by atoms with Crippen LogP contribution in [0.4, 0.5) is 0 Å². The standard InChI is InChI=1S/C12H16N2OS/c1-3-5-13-9(2)11-7-14-12(16-11)10-4-6-15-8-10/h4,6-9,13H,3,5H2,1-2H3. The zero-order valence-electron chi connectivity index (χ0n) is 9.56. The molecule has 1 atom stereocenters. The fourth-order valence-corrected chi connectivity index (χ4v) is 2.40. The third-order valence-electron chi connectivity index (χ3n) is 2.42. The fraction of sp³-hybridized carbons (Fsp3) is 0.417. The quantitative estimate of drug-likeness (QED) is 0.864. The lowest BCUT2D eigenvalue weighted by Gasteiger charge is -2.09. The average Bonchev–Trinajstić information content (AvgIpc) is 2.94. The summed E-state index contributed by atoms with van der Waals surface area (Å²) in [5, 5.41) is 4.48. The molecule has 0 bridgehead atoms. The Balaban J connectivity index is 2.07. The van der Waals surface area contributed by atoms with Gasteiger partial charge in [-0.1, -0.05) is 6.92 Å². The van der Waals surface area contributed by atoms with Crippen LogP contribution in [-0.4, -0.2) is 11.5 Å². The molecule has 4 heteroatoms. The van der Waals surface area contributed by atoms with Crippen LogP contribution in [0.3, 0.4) is 0 Å². The molecule has 2 aromatic rings. The first-order valence-corrected chi connectivity index (χ1v) is 6.34. The van der Waals surface area contributed by atoms with Gasteiger partial charge >= 0.3 is 0 Å². The lowest BCUT2D eigenvalue weighted by atomic mass is 10.3. The zero-order chi connectivity index (χ0) is 11.4. The number of aromatic nitrogens is 1. The van der Waals surface area contributed by atoms with Gasteiger partial charge in [0.05, 0.1) is 6.26 Å². The Labute approximate surface area is 99.5 Å². The Morgan fingerprint density at radius 1 is 1.56 bits per heavy atom. The molecular formula is C12H16N2OS. The van der Waals surface area contributed by atoms with E-state index < -0.39 is 0 Å². The fourth-order valence-electron chi connectivity index (χ4n) is 1.47. The summed E-state index contributed by atoms with van der Waals surface area (Å²) < 4.78 is 5.05. The van der Waals surface area contributed by atoms with E-state index in [0.717, 1.165) is 23.5 Å². The number of nitrogens with one attached hydrogen (secondary N) is 1. The Morgan fingerprint density at radius 3 is 3.12 bits per heavy atom. The summed E-state index contributed by atoms with van der Waals surface area (Å²) in [6.07, 6.45) is 6.50. The maximum atomic E-state index is 5.05. The number of hydrogen-bond donors (Lipinski definition) is 1.